The number of benzene rings is 2. The van der Waals surface area contributed by atoms with Gasteiger partial charge in [-0.05, 0) is 48.9 Å². The molecule has 1 aromatic heterocycles. The molecule has 0 bridgehead atoms. The van der Waals surface area contributed by atoms with Crippen molar-refractivity contribution in [2.24, 2.45) is 0 Å². The number of aryl methyl sites for hydroxylation is 1. The van der Waals surface area contributed by atoms with Crippen LogP contribution in [-0.2, 0) is 4.74 Å². The lowest BCUT2D eigenvalue weighted by Gasteiger charge is -2.11. The Morgan fingerprint density at radius 3 is 2.57 bits per heavy atom. The number of rotatable bonds is 5. The van der Waals surface area contributed by atoms with Crippen molar-refractivity contribution in [1.29, 1.82) is 0 Å². The lowest BCUT2D eigenvalue weighted by molar-refractivity contribution is 0.0600. The van der Waals surface area contributed by atoms with Crippen molar-refractivity contribution in [3.63, 3.8) is 0 Å². The molecule has 0 saturated carbocycles. The van der Waals surface area contributed by atoms with Gasteiger partial charge in [0, 0.05) is 11.9 Å². The molecule has 2 aromatic carbocycles. The van der Waals surface area contributed by atoms with Crippen molar-refractivity contribution in [1.82, 2.24) is 4.98 Å². The topological polar surface area (TPSA) is 80.3 Å². The van der Waals surface area contributed by atoms with Gasteiger partial charge in [0.05, 0.1) is 40.8 Å². The molecule has 1 heterocycles. The van der Waals surface area contributed by atoms with Gasteiger partial charge in [-0.1, -0.05) is 23.7 Å². The number of carbonyl (C=O) groups excluding carboxylic acids is 2. The number of carbonyl (C=O) groups is 2. The van der Waals surface area contributed by atoms with E-state index in [4.69, 9.17) is 11.6 Å². The van der Waals surface area contributed by atoms with Gasteiger partial charge in [-0.2, -0.15) is 0 Å². The van der Waals surface area contributed by atoms with Crippen LogP contribution in [0.1, 0.15) is 26.3 Å². The van der Waals surface area contributed by atoms with E-state index in [-0.39, 0.29) is 5.56 Å². The molecule has 0 aliphatic heterocycles. The first-order chi connectivity index (χ1) is 13.5. The summed E-state index contributed by atoms with van der Waals surface area (Å²) in [7, 11) is 1.29. The van der Waals surface area contributed by atoms with E-state index >= 15 is 0 Å². The van der Waals surface area contributed by atoms with Crippen LogP contribution in [0.5, 0.6) is 0 Å². The normalized spacial score (nSPS) is 10.2. The first-order valence-electron chi connectivity index (χ1n) is 8.44. The van der Waals surface area contributed by atoms with Crippen molar-refractivity contribution in [3.8, 4) is 0 Å². The van der Waals surface area contributed by atoms with Crippen LogP contribution in [0.2, 0.25) is 5.02 Å². The van der Waals surface area contributed by atoms with Gasteiger partial charge in [-0.25, -0.2) is 4.79 Å². The van der Waals surface area contributed by atoms with E-state index in [1.807, 2.05) is 31.2 Å². The summed E-state index contributed by atoms with van der Waals surface area (Å²) in [4.78, 5) is 28.4. The molecule has 0 spiro atoms. The average Bonchev–Trinajstić information content (AvgIpc) is 2.69. The van der Waals surface area contributed by atoms with Gasteiger partial charge in [0.15, 0.2) is 0 Å². The van der Waals surface area contributed by atoms with Crippen LogP contribution in [0.15, 0.2) is 60.9 Å². The minimum Gasteiger partial charge on any atom is -0.465 e. The van der Waals surface area contributed by atoms with Crippen LogP contribution < -0.4 is 10.6 Å². The molecule has 3 aromatic rings. The fourth-order valence-corrected chi connectivity index (χ4v) is 2.75. The Morgan fingerprint density at radius 2 is 1.82 bits per heavy atom. The fraction of sp³-hybridized carbons (Fsp3) is 0.0952. The maximum absolute atomic E-state index is 12.6. The minimum absolute atomic E-state index is 0.287. The van der Waals surface area contributed by atoms with Crippen LogP contribution in [0.25, 0.3) is 0 Å². The molecule has 0 radical (unpaired) electrons. The molecule has 0 atom stereocenters. The van der Waals surface area contributed by atoms with Crippen molar-refractivity contribution < 1.29 is 14.3 Å². The van der Waals surface area contributed by atoms with E-state index < -0.39 is 11.9 Å². The number of hydrogen-bond acceptors (Lipinski definition) is 5. The quantitative estimate of drug-likeness (QED) is 0.605. The highest BCUT2D eigenvalue weighted by Gasteiger charge is 2.13. The lowest BCUT2D eigenvalue weighted by atomic mass is 10.2. The highest BCUT2D eigenvalue weighted by atomic mass is 35.5. The van der Waals surface area contributed by atoms with Gasteiger partial charge in [-0.3, -0.25) is 9.78 Å². The van der Waals surface area contributed by atoms with Crippen molar-refractivity contribution in [3.05, 3.63) is 82.6 Å². The van der Waals surface area contributed by atoms with Gasteiger partial charge in [0.2, 0.25) is 0 Å². The van der Waals surface area contributed by atoms with Gasteiger partial charge in [0.1, 0.15) is 0 Å². The molecular weight excluding hydrogens is 378 g/mol. The number of esters is 1. The first kappa shape index (κ1) is 19.4. The standard InChI is InChI=1S/C21H18ClN3O3/c1-13-4-3-5-16(8-13)24-17-9-15(11-23-12-17)20(26)25-19-10-14(21(27)28-2)6-7-18(19)22/h3-12,24H,1-2H3,(H,25,26). The zero-order chi connectivity index (χ0) is 20.1. The molecule has 3 rings (SSSR count). The van der Waals surface area contributed by atoms with Gasteiger partial charge >= 0.3 is 5.97 Å². The number of nitrogens with zero attached hydrogens (tertiary/aromatic N) is 1. The molecule has 0 saturated heterocycles. The highest BCUT2D eigenvalue weighted by molar-refractivity contribution is 6.34. The van der Waals surface area contributed by atoms with Crippen LogP contribution in [0.4, 0.5) is 17.1 Å². The highest BCUT2D eigenvalue weighted by Crippen LogP contribution is 2.25. The summed E-state index contributed by atoms with van der Waals surface area (Å²) in [6.07, 6.45) is 3.08. The number of ether oxygens (including phenoxy) is 1. The minimum atomic E-state index is -0.516. The molecule has 6 nitrogen and oxygen atoms in total. The zero-order valence-electron chi connectivity index (χ0n) is 15.3. The molecule has 142 valence electrons. The molecule has 0 aliphatic rings. The molecule has 0 unspecified atom stereocenters. The smallest absolute Gasteiger partial charge is 0.337 e. The van der Waals surface area contributed by atoms with E-state index in [1.54, 1.807) is 12.3 Å². The maximum atomic E-state index is 12.6. The number of methoxy groups -OCH3 is 1. The molecule has 28 heavy (non-hydrogen) atoms. The summed E-state index contributed by atoms with van der Waals surface area (Å²) in [5.74, 6) is -0.914. The van der Waals surface area contributed by atoms with E-state index in [0.717, 1.165) is 11.3 Å². The third-order valence-corrected chi connectivity index (χ3v) is 4.27. The van der Waals surface area contributed by atoms with Crippen molar-refractivity contribution in [2.45, 2.75) is 6.92 Å². The van der Waals surface area contributed by atoms with Crippen LogP contribution in [-0.4, -0.2) is 24.0 Å². The number of amides is 1. The summed E-state index contributed by atoms with van der Waals surface area (Å²) in [6, 6.07) is 14.1. The Labute approximate surface area is 167 Å². The summed E-state index contributed by atoms with van der Waals surface area (Å²) < 4.78 is 4.69. The van der Waals surface area contributed by atoms with Crippen molar-refractivity contribution in [2.75, 3.05) is 17.7 Å². The fourth-order valence-electron chi connectivity index (χ4n) is 2.58. The summed E-state index contributed by atoms with van der Waals surface area (Å²) in [5, 5.41) is 6.23. The predicted molar refractivity (Wildman–Crippen MR) is 109 cm³/mol. The Morgan fingerprint density at radius 1 is 1.00 bits per heavy atom. The lowest BCUT2D eigenvalue weighted by Crippen LogP contribution is -2.13. The molecular formula is C21H18ClN3O3. The van der Waals surface area contributed by atoms with Gasteiger partial charge < -0.3 is 15.4 Å². The second-order valence-electron chi connectivity index (χ2n) is 6.10. The largest absolute Gasteiger partial charge is 0.465 e. The molecule has 1 amide bonds. The Hall–Kier alpha value is -3.38. The Bertz CT molecular complexity index is 1040. The van der Waals surface area contributed by atoms with E-state index in [9.17, 15) is 9.59 Å². The SMILES string of the molecule is COC(=O)c1ccc(Cl)c(NC(=O)c2cncc(Nc3cccc(C)c3)c2)c1. The Balaban J connectivity index is 1.79. The van der Waals surface area contributed by atoms with Crippen LogP contribution in [0.3, 0.4) is 0 Å². The number of nitrogens with one attached hydrogen (secondary N) is 2. The third kappa shape index (κ3) is 4.66. The predicted octanol–water partition coefficient (Wildman–Crippen LogP) is 4.83. The van der Waals surface area contributed by atoms with E-state index in [1.165, 1.54) is 31.5 Å². The third-order valence-electron chi connectivity index (χ3n) is 3.94. The number of pyridine rings is 1. The van der Waals surface area contributed by atoms with Crippen molar-refractivity contribution >= 4 is 40.5 Å². The monoisotopic (exact) mass is 395 g/mol. The number of hydrogen-bond donors (Lipinski definition) is 2. The Kier molecular flexibility index (Phi) is 5.91. The number of aromatic nitrogens is 1. The second-order valence-corrected chi connectivity index (χ2v) is 6.50. The van der Waals surface area contributed by atoms with E-state index in [2.05, 4.69) is 20.4 Å². The number of anilines is 3. The molecule has 2 N–H and O–H groups in total. The number of halogens is 1. The van der Waals surface area contributed by atoms with Crippen LogP contribution in [0, 0.1) is 6.92 Å². The zero-order valence-corrected chi connectivity index (χ0v) is 16.1. The molecule has 0 aliphatic carbocycles. The van der Waals surface area contributed by atoms with Crippen LogP contribution >= 0.6 is 11.6 Å². The summed E-state index contributed by atoms with van der Waals surface area (Å²) in [6.45, 7) is 2.00. The second kappa shape index (κ2) is 8.54. The summed E-state index contributed by atoms with van der Waals surface area (Å²) in [5.41, 5.74) is 3.63. The van der Waals surface area contributed by atoms with Gasteiger partial charge in [-0.15, -0.1) is 0 Å². The first-order valence-corrected chi connectivity index (χ1v) is 8.82. The van der Waals surface area contributed by atoms with Gasteiger partial charge in [0.25, 0.3) is 5.91 Å². The summed E-state index contributed by atoms with van der Waals surface area (Å²) >= 11 is 6.13. The average molecular weight is 396 g/mol. The molecule has 0 fully saturated rings. The maximum Gasteiger partial charge on any atom is 0.337 e. The van der Waals surface area contributed by atoms with E-state index in [0.29, 0.717) is 22.0 Å². The molecule has 7 heteroatoms.